The lowest BCUT2D eigenvalue weighted by Crippen LogP contribution is -2.26. The molecule has 2 aromatic carbocycles. The topological polar surface area (TPSA) is 29.1 Å². The standard InChI is InChI=1S/C18H18ClNO/c1-12-10-13(6-8-17(12)19)14-7-9-18(20-11-21)16-5-3-2-4-15(14)16/h2-6,8,10-11,14,18H,7,9H2,1H3,(H,20,21)/t14-,18-/m1/s1. The molecule has 0 fully saturated rings. The molecule has 0 radical (unpaired) electrons. The molecule has 0 saturated heterocycles. The summed E-state index contributed by atoms with van der Waals surface area (Å²) in [6.45, 7) is 2.04. The third-order valence-corrected chi connectivity index (χ3v) is 4.77. The molecule has 2 nitrogen and oxygen atoms in total. The van der Waals surface area contributed by atoms with Crippen LogP contribution in [0.25, 0.3) is 0 Å². The van der Waals surface area contributed by atoms with Crippen LogP contribution in [-0.4, -0.2) is 6.41 Å². The van der Waals surface area contributed by atoms with Gasteiger partial charge in [0, 0.05) is 10.9 Å². The average Bonchev–Trinajstić information content (AvgIpc) is 2.51. The van der Waals surface area contributed by atoms with Crippen molar-refractivity contribution >= 4 is 18.0 Å². The van der Waals surface area contributed by atoms with Crippen LogP contribution in [0.3, 0.4) is 0 Å². The van der Waals surface area contributed by atoms with Crippen molar-refractivity contribution < 1.29 is 4.79 Å². The fourth-order valence-electron chi connectivity index (χ4n) is 3.28. The zero-order valence-corrected chi connectivity index (χ0v) is 12.7. The van der Waals surface area contributed by atoms with E-state index in [-0.39, 0.29) is 6.04 Å². The van der Waals surface area contributed by atoms with E-state index in [1.165, 1.54) is 16.7 Å². The van der Waals surface area contributed by atoms with Crippen molar-refractivity contribution in [3.8, 4) is 0 Å². The van der Waals surface area contributed by atoms with Gasteiger partial charge in [-0.2, -0.15) is 0 Å². The Morgan fingerprint density at radius 2 is 1.90 bits per heavy atom. The van der Waals surface area contributed by atoms with Gasteiger partial charge in [0.1, 0.15) is 0 Å². The maximum Gasteiger partial charge on any atom is 0.207 e. The fourth-order valence-corrected chi connectivity index (χ4v) is 3.39. The number of nitrogens with one attached hydrogen (secondary N) is 1. The zero-order valence-electron chi connectivity index (χ0n) is 12.0. The van der Waals surface area contributed by atoms with Crippen LogP contribution < -0.4 is 5.32 Å². The lowest BCUT2D eigenvalue weighted by Gasteiger charge is -2.31. The van der Waals surface area contributed by atoms with Crippen molar-refractivity contribution in [1.29, 1.82) is 0 Å². The van der Waals surface area contributed by atoms with Crippen LogP contribution in [0.1, 0.15) is 47.1 Å². The monoisotopic (exact) mass is 299 g/mol. The summed E-state index contributed by atoms with van der Waals surface area (Å²) in [5.41, 5.74) is 4.95. The number of halogens is 1. The number of carbonyl (C=O) groups is 1. The van der Waals surface area contributed by atoms with Gasteiger partial charge in [-0.05, 0) is 48.1 Å². The third kappa shape index (κ3) is 2.68. The Balaban J connectivity index is 2.02. The molecule has 1 aliphatic carbocycles. The van der Waals surface area contributed by atoms with Crippen molar-refractivity contribution in [2.24, 2.45) is 0 Å². The Morgan fingerprint density at radius 3 is 2.62 bits per heavy atom. The van der Waals surface area contributed by atoms with Gasteiger partial charge in [0.05, 0.1) is 6.04 Å². The summed E-state index contributed by atoms with van der Waals surface area (Å²) in [6.07, 6.45) is 2.79. The van der Waals surface area contributed by atoms with Crippen LogP contribution >= 0.6 is 11.6 Å². The first-order valence-corrected chi connectivity index (χ1v) is 7.63. The smallest absolute Gasteiger partial charge is 0.207 e. The maximum absolute atomic E-state index is 10.8. The van der Waals surface area contributed by atoms with Gasteiger partial charge in [-0.3, -0.25) is 4.79 Å². The minimum atomic E-state index is 0.128. The van der Waals surface area contributed by atoms with E-state index in [1.807, 2.05) is 19.1 Å². The Morgan fingerprint density at radius 1 is 1.14 bits per heavy atom. The molecule has 1 amide bonds. The second-order valence-electron chi connectivity index (χ2n) is 5.60. The first-order valence-electron chi connectivity index (χ1n) is 7.25. The normalized spacial score (nSPS) is 20.7. The van der Waals surface area contributed by atoms with E-state index in [9.17, 15) is 4.79 Å². The number of amides is 1. The zero-order chi connectivity index (χ0) is 14.8. The number of aryl methyl sites for hydroxylation is 1. The second kappa shape index (κ2) is 5.90. The molecule has 0 unspecified atom stereocenters. The molecule has 3 rings (SSSR count). The van der Waals surface area contributed by atoms with Crippen molar-refractivity contribution in [2.75, 3.05) is 0 Å². The number of rotatable bonds is 3. The maximum atomic E-state index is 10.8. The Bertz CT molecular complexity index is 668. The molecule has 2 aromatic rings. The van der Waals surface area contributed by atoms with Gasteiger partial charge in [0.2, 0.25) is 6.41 Å². The molecule has 2 atom stereocenters. The molecule has 1 N–H and O–H groups in total. The molecule has 0 heterocycles. The SMILES string of the molecule is Cc1cc([C@H]2CC[C@@H](NC=O)c3ccccc32)ccc1Cl. The minimum absolute atomic E-state index is 0.128. The van der Waals surface area contributed by atoms with Gasteiger partial charge in [-0.15, -0.1) is 0 Å². The molecular weight excluding hydrogens is 282 g/mol. The van der Waals surface area contributed by atoms with Crippen molar-refractivity contribution in [3.63, 3.8) is 0 Å². The average molecular weight is 300 g/mol. The van der Waals surface area contributed by atoms with E-state index in [0.717, 1.165) is 29.8 Å². The highest BCUT2D eigenvalue weighted by molar-refractivity contribution is 6.31. The molecule has 0 saturated carbocycles. The highest BCUT2D eigenvalue weighted by atomic mass is 35.5. The van der Waals surface area contributed by atoms with Crippen molar-refractivity contribution in [1.82, 2.24) is 5.32 Å². The molecule has 1 aliphatic rings. The molecular formula is C18H18ClNO. The summed E-state index contributed by atoms with van der Waals surface area (Å²) in [5.74, 6) is 0.377. The number of fused-ring (bicyclic) bond motifs is 1. The summed E-state index contributed by atoms with van der Waals surface area (Å²) < 4.78 is 0. The van der Waals surface area contributed by atoms with Crippen molar-refractivity contribution in [2.45, 2.75) is 31.7 Å². The predicted molar refractivity (Wildman–Crippen MR) is 85.6 cm³/mol. The Kier molecular flexibility index (Phi) is 3.98. The minimum Gasteiger partial charge on any atom is -0.352 e. The summed E-state index contributed by atoms with van der Waals surface area (Å²) in [6, 6.07) is 14.8. The fraction of sp³-hybridized carbons (Fsp3) is 0.278. The van der Waals surface area contributed by atoms with Crippen molar-refractivity contribution in [3.05, 3.63) is 69.7 Å². The Labute approximate surface area is 130 Å². The highest BCUT2D eigenvalue weighted by Crippen LogP contribution is 2.41. The first kappa shape index (κ1) is 14.2. The lowest BCUT2D eigenvalue weighted by molar-refractivity contribution is -0.110. The van der Waals surface area contributed by atoms with E-state index in [4.69, 9.17) is 11.6 Å². The number of benzene rings is 2. The van der Waals surface area contributed by atoms with Crippen LogP contribution in [0.15, 0.2) is 42.5 Å². The third-order valence-electron chi connectivity index (χ3n) is 4.34. The summed E-state index contributed by atoms with van der Waals surface area (Å²) in [7, 11) is 0. The number of hydrogen-bond donors (Lipinski definition) is 1. The van der Waals surface area contributed by atoms with Gasteiger partial charge >= 0.3 is 0 Å². The number of carbonyl (C=O) groups excluding carboxylic acids is 1. The molecule has 0 aromatic heterocycles. The second-order valence-corrected chi connectivity index (χ2v) is 6.01. The van der Waals surface area contributed by atoms with E-state index < -0.39 is 0 Å². The quantitative estimate of drug-likeness (QED) is 0.838. The molecule has 3 heteroatoms. The first-order chi connectivity index (χ1) is 10.2. The van der Waals surface area contributed by atoms with Crippen LogP contribution in [0.5, 0.6) is 0 Å². The summed E-state index contributed by atoms with van der Waals surface area (Å²) >= 11 is 6.14. The summed E-state index contributed by atoms with van der Waals surface area (Å²) in [4.78, 5) is 10.8. The number of hydrogen-bond acceptors (Lipinski definition) is 1. The van der Waals surface area contributed by atoms with E-state index in [2.05, 4.69) is 35.6 Å². The van der Waals surface area contributed by atoms with Gasteiger partial charge < -0.3 is 5.32 Å². The predicted octanol–water partition coefficient (Wildman–Crippen LogP) is 4.36. The molecule has 108 valence electrons. The van der Waals surface area contributed by atoms with Gasteiger partial charge in [0.25, 0.3) is 0 Å². The Hall–Kier alpha value is -1.80. The molecule has 21 heavy (non-hydrogen) atoms. The molecule has 0 spiro atoms. The van der Waals surface area contributed by atoms with E-state index >= 15 is 0 Å². The van der Waals surface area contributed by atoms with E-state index in [0.29, 0.717) is 5.92 Å². The van der Waals surface area contributed by atoms with E-state index in [1.54, 1.807) is 0 Å². The highest BCUT2D eigenvalue weighted by Gasteiger charge is 2.27. The van der Waals surface area contributed by atoms with Crippen LogP contribution in [0.2, 0.25) is 5.02 Å². The lowest BCUT2D eigenvalue weighted by atomic mass is 9.76. The van der Waals surface area contributed by atoms with Crippen LogP contribution in [-0.2, 0) is 4.79 Å². The summed E-state index contributed by atoms with van der Waals surface area (Å²) in [5, 5.41) is 3.74. The molecule has 0 bridgehead atoms. The van der Waals surface area contributed by atoms with Gasteiger partial charge in [-0.1, -0.05) is 48.0 Å². The van der Waals surface area contributed by atoms with Crippen LogP contribution in [0, 0.1) is 6.92 Å². The van der Waals surface area contributed by atoms with Gasteiger partial charge in [0.15, 0.2) is 0 Å². The van der Waals surface area contributed by atoms with Crippen LogP contribution in [0.4, 0.5) is 0 Å². The largest absolute Gasteiger partial charge is 0.352 e. The van der Waals surface area contributed by atoms with Gasteiger partial charge in [-0.25, -0.2) is 0 Å². The molecule has 0 aliphatic heterocycles.